The van der Waals surface area contributed by atoms with Gasteiger partial charge in [0.25, 0.3) is 0 Å². The summed E-state index contributed by atoms with van der Waals surface area (Å²) in [6, 6.07) is 0.706. The number of unbranched alkanes of at least 4 members (excludes halogenated alkanes) is 4. The van der Waals surface area contributed by atoms with Crippen molar-refractivity contribution in [2.24, 2.45) is 11.8 Å². The smallest absolute Gasteiger partial charge is 0.0334 e. The van der Waals surface area contributed by atoms with Crippen LogP contribution in [0.1, 0.15) is 79.1 Å². The average Bonchev–Trinajstić information content (AvgIpc) is 3.33. The van der Waals surface area contributed by atoms with Crippen LogP contribution in [-0.2, 0) is 0 Å². The van der Waals surface area contributed by atoms with E-state index in [4.69, 9.17) is 0 Å². The SMILES string of the molecule is CCCCCCCN1CC(C(C)CC)NCC1(C)C1CC1. The number of nitrogens with one attached hydrogen (secondary N) is 1. The second-order valence-electron chi connectivity index (χ2n) is 7.86. The van der Waals surface area contributed by atoms with Gasteiger partial charge in [-0.1, -0.05) is 52.9 Å². The summed E-state index contributed by atoms with van der Waals surface area (Å²) in [5.74, 6) is 1.76. The predicted molar refractivity (Wildman–Crippen MR) is 92.7 cm³/mol. The Morgan fingerprint density at radius 1 is 1.14 bits per heavy atom. The van der Waals surface area contributed by atoms with Gasteiger partial charge in [0, 0.05) is 24.7 Å². The first-order valence-corrected chi connectivity index (χ1v) is 9.60. The summed E-state index contributed by atoms with van der Waals surface area (Å²) in [6.45, 7) is 13.4. The van der Waals surface area contributed by atoms with Crippen LogP contribution in [0.3, 0.4) is 0 Å². The molecule has 0 spiro atoms. The summed E-state index contributed by atoms with van der Waals surface area (Å²) in [5, 5.41) is 3.88. The highest BCUT2D eigenvalue weighted by Crippen LogP contribution is 2.44. The van der Waals surface area contributed by atoms with Crippen molar-refractivity contribution in [2.75, 3.05) is 19.6 Å². The van der Waals surface area contributed by atoms with Crippen LogP contribution in [-0.4, -0.2) is 36.1 Å². The molecule has 2 rings (SSSR count). The van der Waals surface area contributed by atoms with E-state index in [2.05, 4.69) is 37.9 Å². The highest BCUT2D eigenvalue weighted by Gasteiger charge is 2.48. The Morgan fingerprint density at radius 2 is 1.86 bits per heavy atom. The maximum atomic E-state index is 3.88. The van der Waals surface area contributed by atoms with E-state index in [0.29, 0.717) is 11.6 Å². The van der Waals surface area contributed by atoms with E-state index in [1.165, 1.54) is 71.0 Å². The zero-order valence-electron chi connectivity index (χ0n) is 15.0. The summed E-state index contributed by atoms with van der Waals surface area (Å²) >= 11 is 0. The molecule has 1 aliphatic heterocycles. The number of hydrogen-bond acceptors (Lipinski definition) is 2. The van der Waals surface area contributed by atoms with Gasteiger partial charge >= 0.3 is 0 Å². The fourth-order valence-electron chi connectivity index (χ4n) is 3.99. The topological polar surface area (TPSA) is 15.3 Å². The van der Waals surface area contributed by atoms with Gasteiger partial charge in [0.2, 0.25) is 0 Å². The van der Waals surface area contributed by atoms with Crippen LogP contribution in [0.4, 0.5) is 0 Å². The van der Waals surface area contributed by atoms with E-state index in [1.807, 2.05) is 0 Å². The molecule has 1 aliphatic carbocycles. The molecule has 2 fully saturated rings. The van der Waals surface area contributed by atoms with Gasteiger partial charge in [-0.2, -0.15) is 0 Å². The highest BCUT2D eigenvalue weighted by molar-refractivity contribution is 5.05. The van der Waals surface area contributed by atoms with Gasteiger partial charge in [0.05, 0.1) is 0 Å². The lowest BCUT2D eigenvalue weighted by Gasteiger charge is -2.50. The van der Waals surface area contributed by atoms with Gasteiger partial charge in [-0.15, -0.1) is 0 Å². The van der Waals surface area contributed by atoms with E-state index < -0.39 is 0 Å². The van der Waals surface area contributed by atoms with E-state index in [0.717, 1.165) is 11.8 Å². The lowest BCUT2D eigenvalue weighted by atomic mass is 9.86. The van der Waals surface area contributed by atoms with Gasteiger partial charge in [0.1, 0.15) is 0 Å². The Labute approximate surface area is 133 Å². The third-order valence-corrected chi connectivity index (χ3v) is 6.18. The van der Waals surface area contributed by atoms with Gasteiger partial charge in [0.15, 0.2) is 0 Å². The summed E-state index contributed by atoms with van der Waals surface area (Å²) in [7, 11) is 0. The molecule has 21 heavy (non-hydrogen) atoms. The first-order chi connectivity index (χ1) is 10.1. The van der Waals surface area contributed by atoms with Crippen LogP contribution >= 0.6 is 0 Å². The van der Waals surface area contributed by atoms with Crippen molar-refractivity contribution in [3.8, 4) is 0 Å². The number of piperazine rings is 1. The molecule has 2 nitrogen and oxygen atoms in total. The molecule has 0 aromatic carbocycles. The molecule has 1 N–H and O–H groups in total. The van der Waals surface area contributed by atoms with Crippen molar-refractivity contribution >= 4 is 0 Å². The molecule has 0 bridgehead atoms. The largest absolute Gasteiger partial charge is 0.311 e. The molecule has 2 aliphatic rings. The van der Waals surface area contributed by atoms with Gasteiger partial charge in [-0.05, 0) is 44.6 Å². The standard InChI is InChI=1S/C19H38N2/c1-5-7-8-9-10-13-21-14-18(16(3)6-2)20-15-19(21,4)17-11-12-17/h16-18,20H,5-15H2,1-4H3. The zero-order valence-corrected chi connectivity index (χ0v) is 15.0. The molecule has 0 amide bonds. The van der Waals surface area contributed by atoms with Crippen LogP contribution in [0, 0.1) is 11.8 Å². The lowest BCUT2D eigenvalue weighted by Crippen LogP contribution is -2.65. The Balaban J connectivity index is 1.87. The van der Waals surface area contributed by atoms with E-state index >= 15 is 0 Å². The molecule has 1 saturated carbocycles. The van der Waals surface area contributed by atoms with Crippen molar-refractivity contribution in [2.45, 2.75) is 90.6 Å². The van der Waals surface area contributed by atoms with Gasteiger partial charge in [-0.25, -0.2) is 0 Å². The van der Waals surface area contributed by atoms with E-state index in [1.54, 1.807) is 0 Å². The minimum Gasteiger partial charge on any atom is -0.311 e. The Morgan fingerprint density at radius 3 is 2.48 bits per heavy atom. The fraction of sp³-hybridized carbons (Fsp3) is 1.00. The monoisotopic (exact) mass is 294 g/mol. The maximum Gasteiger partial charge on any atom is 0.0334 e. The summed E-state index contributed by atoms with van der Waals surface area (Å²) in [5.41, 5.74) is 0.439. The highest BCUT2D eigenvalue weighted by atomic mass is 15.3. The number of hydrogen-bond donors (Lipinski definition) is 1. The first-order valence-electron chi connectivity index (χ1n) is 9.60. The average molecular weight is 295 g/mol. The van der Waals surface area contributed by atoms with Crippen LogP contribution in [0.25, 0.3) is 0 Å². The predicted octanol–water partition coefficient (Wildman–Crippen LogP) is 4.45. The minimum atomic E-state index is 0.439. The number of rotatable bonds is 9. The Hall–Kier alpha value is -0.0800. The molecule has 3 atom stereocenters. The lowest BCUT2D eigenvalue weighted by molar-refractivity contribution is 0.0221. The third kappa shape index (κ3) is 4.45. The van der Waals surface area contributed by atoms with Crippen LogP contribution in [0.2, 0.25) is 0 Å². The molecule has 0 aromatic heterocycles. The van der Waals surface area contributed by atoms with Crippen molar-refractivity contribution in [1.29, 1.82) is 0 Å². The Bertz CT molecular complexity index is 300. The van der Waals surface area contributed by atoms with Gasteiger partial charge < -0.3 is 5.32 Å². The summed E-state index contributed by atoms with van der Waals surface area (Å²) in [4.78, 5) is 2.87. The molecule has 1 saturated heterocycles. The molecular weight excluding hydrogens is 256 g/mol. The normalized spacial score (nSPS) is 32.3. The van der Waals surface area contributed by atoms with Crippen molar-refractivity contribution in [3.63, 3.8) is 0 Å². The van der Waals surface area contributed by atoms with Gasteiger partial charge in [-0.3, -0.25) is 4.90 Å². The second kappa shape index (κ2) is 7.97. The van der Waals surface area contributed by atoms with Crippen LogP contribution in [0.5, 0.6) is 0 Å². The summed E-state index contributed by atoms with van der Waals surface area (Å²) < 4.78 is 0. The Kier molecular flexibility index (Phi) is 6.55. The summed E-state index contributed by atoms with van der Waals surface area (Å²) in [6.07, 6.45) is 11.2. The minimum absolute atomic E-state index is 0.439. The number of nitrogens with zero attached hydrogens (tertiary/aromatic N) is 1. The second-order valence-corrected chi connectivity index (χ2v) is 7.86. The van der Waals surface area contributed by atoms with Crippen molar-refractivity contribution in [3.05, 3.63) is 0 Å². The van der Waals surface area contributed by atoms with Crippen molar-refractivity contribution < 1.29 is 0 Å². The third-order valence-electron chi connectivity index (χ3n) is 6.18. The van der Waals surface area contributed by atoms with E-state index in [9.17, 15) is 0 Å². The van der Waals surface area contributed by atoms with Crippen LogP contribution in [0.15, 0.2) is 0 Å². The molecule has 124 valence electrons. The first kappa shape index (κ1) is 17.3. The van der Waals surface area contributed by atoms with Crippen molar-refractivity contribution in [1.82, 2.24) is 10.2 Å². The molecule has 0 radical (unpaired) electrons. The molecule has 3 unspecified atom stereocenters. The van der Waals surface area contributed by atoms with E-state index in [-0.39, 0.29) is 0 Å². The van der Waals surface area contributed by atoms with Crippen LogP contribution < -0.4 is 5.32 Å². The molecule has 2 heteroatoms. The fourth-order valence-corrected chi connectivity index (χ4v) is 3.99. The molecule has 0 aromatic rings. The molecular formula is C19H38N2. The maximum absolute atomic E-state index is 3.88. The zero-order chi connectivity index (χ0) is 15.3. The quantitative estimate of drug-likeness (QED) is 0.632. The molecule has 1 heterocycles.